The molecule has 0 fully saturated rings. The molecule has 11 heavy (non-hydrogen) atoms. The van der Waals surface area contributed by atoms with Crippen LogP contribution in [-0.4, -0.2) is 29.9 Å². The molecule has 1 amide bonds. The number of carbonyl (C=O) groups is 2. The number of thioether (sulfide) groups is 1. The van der Waals surface area contributed by atoms with Crippen molar-refractivity contribution in [3.05, 3.63) is 0 Å². The van der Waals surface area contributed by atoms with Crippen LogP contribution in [0.25, 0.3) is 0 Å². The van der Waals surface area contributed by atoms with E-state index in [-0.39, 0.29) is 5.91 Å². The zero-order chi connectivity index (χ0) is 8.85. The van der Waals surface area contributed by atoms with E-state index in [1.54, 1.807) is 6.26 Å². The number of nitrogens with one attached hydrogen (secondary N) is 1. The first kappa shape index (κ1) is 10.3. The lowest BCUT2D eigenvalue weighted by atomic mass is 10.3. The highest BCUT2D eigenvalue weighted by Gasteiger charge is 2.08. The first-order valence-electron chi connectivity index (χ1n) is 3.04. The molecule has 5 heteroatoms. The van der Waals surface area contributed by atoms with Crippen LogP contribution < -0.4 is 10.4 Å². The third kappa shape index (κ3) is 4.66. The minimum atomic E-state index is -1.24. The average molecular weight is 176 g/mol. The summed E-state index contributed by atoms with van der Waals surface area (Å²) in [5, 5.41) is 12.5. The molecule has 0 rings (SSSR count). The quantitative estimate of drug-likeness (QED) is 0.572. The van der Waals surface area contributed by atoms with Crippen LogP contribution in [0.3, 0.4) is 0 Å². The molecule has 0 aliphatic rings. The number of amides is 1. The van der Waals surface area contributed by atoms with Gasteiger partial charge < -0.3 is 15.2 Å². The maximum Gasteiger partial charge on any atom is 0.217 e. The molecule has 4 nitrogen and oxygen atoms in total. The van der Waals surface area contributed by atoms with Crippen LogP contribution in [0.4, 0.5) is 0 Å². The molecule has 0 heterocycles. The van der Waals surface area contributed by atoms with Gasteiger partial charge in [0.25, 0.3) is 0 Å². The normalized spacial score (nSPS) is 12.2. The maximum atomic E-state index is 10.4. The van der Waals surface area contributed by atoms with Crippen molar-refractivity contribution in [2.75, 3.05) is 12.0 Å². The zero-order valence-electron chi connectivity index (χ0n) is 6.42. The molecule has 1 atom stereocenters. The monoisotopic (exact) mass is 176 g/mol. The number of hydrogen-bond donors (Lipinski definition) is 1. The van der Waals surface area contributed by atoms with Crippen molar-refractivity contribution >= 4 is 23.6 Å². The lowest BCUT2D eigenvalue weighted by Crippen LogP contribution is -2.48. The number of carboxylic acid groups (broad SMARTS) is 1. The predicted molar refractivity (Wildman–Crippen MR) is 41.0 cm³/mol. The lowest BCUT2D eigenvalue weighted by molar-refractivity contribution is -0.307. The summed E-state index contributed by atoms with van der Waals surface area (Å²) < 4.78 is 0. The molecule has 0 spiro atoms. The first-order valence-corrected chi connectivity index (χ1v) is 4.44. The Labute approximate surface area is 69.4 Å². The van der Waals surface area contributed by atoms with Crippen LogP contribution in [0.5, 0.6) is 0 Å². The second-order valence-electron chi connectivity index (χ2n) is 2.03. The molecular formula is C6H10NO3S-. The summed E-state index contributed by atoms with van der Waals surface area (Å²) in [6.45, 7) is 1.27. The van der Waals surface area contributed by atoms with Crippen molar-refractivity contribution in [3.63, 3.8) is 0 Å². The van der Waals surface area contributed by atoms with Crippen LogP contribution in [0.1, 0.15) is 6.92 Å². The second-order valence-corrected chi connectivity index (χ2v) is 2.94. The van der Waals surface area contributed by atoms with E-state index in [1.165, 1.54) is 18.7 Å². The Morgan fingerprint density at radius 2 is 2.18 bits per heavy atom. The molecule has 0 aromatic carbocycles. The van der Waals surface area contributed by atoms with Crippen LogP contribution in [0.15, 0.2) is 0 Å². The first-order chi connectivity index (χ1) is 5.07. The maximum absolute atomic E-state index is 10.4. The Kier molecular flexibility index (Phi) is 4.69. The summed E-state index contributed by atoms with van der Waals surface area (Å²) in [5.74, 6) is -1.26. The van der Waals surface area contributed by atoms with Gasteiger partial charge in [-0.05, 0) is 6.26 Å². The van der Waals surface area contributed by atoms with E-state index in [4.69, 9.17) is 0 Å². The molecular weight excluding hydrogens is 166 g/mol. The van der Waals surface area contributed by atoms with Crippen molar-refractivity contribution in [2.45, 2.75) is 13.0 Å². The van der Waals surface area contributed by atoms with E-state index in [0.717, 1.165) is 0 Å². The zero-order valence-corrected chi connectivity index (χ0v) is 7.23. The number of hydrogen-bond acceptors (Lipinski definition) is 4. The van der Waals surface area contributed by atoms with E-state index < -0.39 is 12.0 Å². The van der Waals surface area contributed by atoms with Crippen LogP contribution in [0, 0.1) is 0 Å². The topological polar surface area (TPSA) is 69.2 Å². The summed E-state index contributed by atoms with van der Waals surface area (Å²) in [7, 11) is 0. The highest BCUT2D eigenvalue weighted by Crippen LogP contribution is 1.95. The Morgan fingerprint density at radius 3 is 2.45 bits per heavy atom. The Morgan fingerprint density at radius 1 is 1.64 bits per heavy atom. The molecule has 0 bridgehead atoms. The molecule has 0 unspecified atom stereocenters. The van der Waals surface area contributed by atoms with Gasteiger partial charge in [-0.15, -0.1) is 0 Å². The molecule has 0 aliphatic heterocycles. The molecule has 0 radical (unpaired) electrons. The van der Waals surface area contributed by atoms with Gasteiger partial charge in [0, 0.05) is 12.7 Å². The third-order valence-electron chi connectivity index (χ3n) is 0.995. The SMILES string of the molecule is CSC[C@H](NC(C)=O)C(=O)[O-]. The van der Waals surface area contributed by atoms with Gasteiger partial charge in [-0.1, -0.05) is 0 Å². The van der Waals surface area contributed by atoms with Gasteiger partial charge in [-0.25, -0.2) is 0 Å². The van der Waals surface area contributed by atoms with Crippen LogP contribution in [-0.2, 0) is 9.59 Å². The third-order valence-corrected chi connectivity index (χ3v) is 1.66. The largest absolute Gasteiger partial charge is 0.548 e. The standard InChI is InChI=1S/C6H11NO3S/c1-4(8)7-5(3-11-2)6(9)10/h5H,3H2,1-2H3,(H,7,8)(H,9,10)/p-1/t5-/m0/s1. The van der Waals surface area contributed by atoms with Gasteiger partial charge in [0.05, 0.1) is 12.0 Å². The van der Waals surface area contributed by atoms with E-state index in [0.29, 0.717) is 5.75 Å². The highest BCUT2D eigenvalue weighted by molar-refractivity contribution is 7.98. The van der Waals surface area contributed by atoms with Crippen molar-refractivity contribution in [1.29, 1.82) is 0 Å². The minimum absolute atomic E-state index is 0.335. The van der Waals surface area contributed by atoms with Gasteiger partial charge >= 0.3 is 0 Å². The number of carbonyl (C=O) groups excluding carboxylic acids is 2. The van der Waals surface area contributed by atoms with Crippen molar-refractivity contribution in [1.82, 2.24) is 5.32 Å². The molecule has 1 N–H and O–H groups in total. The number of aliphatic carboxylic acids is 1. The van der Waals surface area contributed by atoms with Crippen molar-refractivity contribution < 1.29 is 14.7 Å². The summed E-state index contributed by atoms with van der Waals surface area (Å²) in [5.41, 5.74) is 0. The Bertz CT molecular complexity index is 160. The molecule has 0 aromatic rings. The van der Waals surface area contributed by atoms with Crippen molar-refractivity contribution in [2.24, 2.45) is 0 Å². The average Bonchev–Trinajstić information content (AvgIpc) is 1.86. The van der Waals surface area contributed by atoms with E-state index >= 15 is 0 Å². The number of rotatable bonds is 4. The fraction of sp³-hybridized carbons (Fsp3) is 0.667. The van der Waals surface area contributed by atoms with Crippen LogP contribution in [0.2, 0.25) is 0 Å². The fourth-order valence-corrected chi connectivity index (χ4v) is 1.13. The summed E-state index contributed by atoms with van der Waals surface area (Å²) in [6.07, 6.45) is 1.76. The molecule has 64 valence electrons. The van der Waals surface area contributed by atoms with E-state index in [2.05, 4.69) is 5.32 Å². The van der Waals surface area contributed by atoms with Crippen LogP contribution >= 0.6 is 11.8 Å². The second kappa shape index (κ2) is 5.01. The Balaban J connectivity index is 3.89. The minimum Gasteiger partial charge on any atom is -0.548 e. The summed E-state index contributed by atoms with van der Waals surface area (Å²) in [6, 6.07) is -0.873. The highest BCUT2D eigenvalue weighted by atomic mass is 32.2. The number of carboxylic acids is 1. The molecule has 0 aromatic heterocycles. The van der Waals surface area contributed by atoms with E-state index in [9.17, 15) is 14.7 Å². The van der Waals surface area contributed by atoms with Gasteiger partial charge in [-0.2, -0.15) is 11.8 Å². The van der Waals surface area contributed by atoms with Gasteiger partial charge in [0.15, 0.2) is 0 Å². The fourth-order valence-electron chi connectivity index (χ4n) is 0.581. The molecule has 0 saturated carbocycles. The Hall–Kier alpha value is -0.710. The lowest BCUT2D eigenvalue weighted by Gasteiger charge is -2.16. The molecule has 0 aliphatic carbocycles. The van der Waals surface area contributed by atoms with Gasteiger partial charge in [0.1, 0.15) is 0 Å². The molecule has 0 saturated heterocycles. The summed E-state index contributed by atoms with van der Waals surface area (Å²) >= 11 is 1.34. The van der Waals surface area contributed by atoms with Crippen molar-refractivity contribution in [3.8, 4) is 0 Å². The summed E-state index contributed by atoms with van der Waals surface area (Å²) in [4.78, 5) is 20.7. The smallest absolute Gasteiger partial charge is 0.217 e. The van der Waals surface area contributed by atoms with Gasteiger partial charge in [0.2, 0.25) is 5.91 Å². The van der Waals surface area contributed by atoms with Gasteiger partial charge in [-0.3, -0.25) is 4.79 Å². The predicted octanol–water partition coefficient (Wildman–Crippen LogP) is -1.40. The van der Waals surface area contributed by atoms with E-state index in [1.807, 2.05) is 0 Å².